The van der Waals surface area contributed by atoms with E-state index in [-0.39, 0.29) is 17.6 Å². The fourth-order valence-corrected chi connectivity index (χ4v) is 3.02. The Bertz CT molecular complexity index is 299. The summed E-state index contributed by atoms with van der Waals surface area (Å²) in [5.41, 5.74) is 0. The van der Waals surface area contributed by atoms with E-state index in [9.17, 15) is 9.59 Å². The van der Waals surface area contributed by atoms with Gasteiger partial charge in [-0.3, -0.25) is 9.59 Å². The lowest BCUT2D eigenvalue weighted by molar-refractivity contribution is -0.139. The Balaban J connectivity index is 0.00000191. The van der Waals surface area contributed by atoms with Gasteiger partial charge in [0.1, 0.15) is 5.78 Å². The molecule has 4 heteroatoms. The average molecular weight is 316 g/mol. The number of Topliss-reactive ketones (excluding diaryl/α,β-unsaturated/α-hetero) is 1. The van der Waals surface area contributed by atoms with Crippen LogP contribution in [0.25, 0.3) is 0 Å². The summed E-state index contributed by atoms with van der Waals surface area (Å²) in [7, 11) is 0. The highest BCUT2D eigenvalue weighted by Crippen LogP contribution is 2.23. The van der Waals surface area contributed by atoms with Gasteiger partial charge in [-0.1, -0.05) is 27.2 Å². The lowest BCUT2D eigenvalue weighted by atomic mass is 9.91. The molecule has 1 saturated heterocycles. The monoisotopic (exact) mass is 315 g/mol. The van der Waals surface area contributed by atoms with Crippen molar-refractivity contribution in [3.63, 3.8) is 0 Å². The van der Waals surface area contributed by atoms with E-state index in [4.69, 9.17) is 0 Å². The van der Waals surface area contributed by atoms with E-state index in [1.54, 1.807) is 6.92 Å². The highest BCUT2D eigenvalue weighted by atomic mass is 32.1. The summed E-state index contributed by atoms with van der Waals surface area (Å²) in [6.07, 6.45) is 5.65. The van der Waals surface area contributed by atoms with Crippen LogP contribution in [0.15, 0.2) is 0 Å². The molecule has 1 rings (SSSR count). The van der Waals surface area contributed by atoms with E-state index in [1.807, 2.05) is 18.7 Å². The van der Waals surface area contributed by atoms with Crippen molar-refractivity contribution in [3.8, 4) is 0 Å². The molecule has 21 heavy (non-hydrogen) atoms. The van der Waals surface area contributed by atoms with Crippen LogP contribution in [0.1, 0.15) is 66.2 Å². The Hall–Kier alpha value is -0.510. The fourth-order valence-electron chi connectivity index (χ4n) is 2.84. The molecule has 3 nitrogen and oxygen atoms in total. The maximum atomic E-state index is 12.5. The van der Waals surface area contributed by atoms with E-state index in [0.29, 0.717) is 5.91 Å². The zero-order chi connectivity index (χ0) is 16.3. The first-order valence-corrected chi connectivity index (χ1v) is 9.13. The Kier molecular flexibility index (Phi) is 11.8. The lowest BCUT2D eigenvalue weighted by Crippen LogP contribution is -2.42. The first kappa shape index (κ1) is 20.5. The summed E-state index contributed by atoms with van der Waals surface area (Å²) in [4.78, 5) is 25.8. The third-order valence-corrected chi connectivity index (χ3v) is 4.39. The van der Waals surface area contributed by atoms with Crippen LogP contribution in [-0.2, 0) is 9.59 Å². The minimum atomic E-state index is 0.158. The lowest BCUT2D eigenvalue weighted by Gasteiger charge is -2.33. The third kappa shape index (κ3) is 7.35. The third-order valence-electron chi connectivity index (χ3n) is 4.08. The highest BCUT2D eigenvalue weighted by Gasteiger charge is 2.28. The van der Waals surface area contributed by atoms with E-state index >= 15 is 0 Å². The molecule has 1 atom stereocenters. The summed E-state index contributed by atoms with van der Waals surface area (Å²) < 4.78 is 0. The molecule has 0 aromatic carbocycles. The molecule has 0 spiro atoms. The maximum Gasteiger partial charge on any atom is 0.225 e. The van der Waals surface area contributed by atoms with Gasteiger partial charge in [0.25, 0.3) is 0 Å². The molecule has 1 amide bonds. The second-order valence-corrected chi connectivity index (χ2v) is 6.01. The number of piperidine rings is 1. The van der Waals surface area contributed by atoms with Gasteiger partial charge in [-0.05, 0) is 44.8 Å². The molecule has 1 aliphatic heterocycles. The summed E-state index contributed by atoms with van der Waals surface area (Å²) >= 11 is 4.23. The predicted octanol–water partition coefficient (Wildman–Crippen LogP) is 3.97. The van der Waals surface area contributed by atoms with Gasteiger partial charge in [-0.2, -0.15) is 12.6 Å². The van der Waals surface area contributed by atoms with Gasteiger partial charge in [0, 0.05) is 24.9 Å². The molecule has 0 aliphatic carbocycles. The number of nitrogens with zero attached hydrogens (tertiary/aromatic N) is 1. The molecule has 0 bridgehead atoms. The van der Waals surface area contributed by atoms with Gasteiger partial charge in [0.15, 0.2) is 0 Å². The normalized spacial score (nSPS) is 16.9. The number of hydrogen-bond acceptors (Lipinski definition) is 3. The number of carbonyl (C=O) groups excluding carboxylic acids is 2. The zero-order valence-electron chi connectivity index (χ0n) is 14.2. The van der Waals surface area contributed by atoms with Crippen molar-refractivity contribution < 1.29 is 9.59 Å². The Labute approximate surface area is 136 Å². The topological polar surface area (TPSA) is 37.4 Å². The first-order chi connectivity index (χ1) is 10.1. The zero-order valence-corrected chi connectivity index (χ0v) is 15.1. The second kappa shape index (κ2) is 12.1. The molecule has 1 aliphatic rings. The molecule has 0 saturated carbocycles. The number of thiol groups is 1. The number of likely N-dealkylation sites (tertiary alicyclic amines) is 1. The van der Waals surface area contributed by atoms with Crippen molar-refractivity contribution in [3.05, 3.63) is 0 Å². The van der Waals surface area contributed by atoms with Gasteiger partial charge in [0.05, 0.1) is 0 Å². The van der Waals surface area contributed by atoms with Crippen LogP contribution in [-0.4, -0.2) is 35.4 Å². The molecule has 0 radical (unpaired) electrons. The van der Waals surface area contributed by atoms with Crippen LogP contribution < -0.4 is 0 Å². The quantitative estimate of drug-likeness (QED) is 0.722. The van der Waals surface area contributed by atoms with Gasteiger partial charge in [0.2, 0.25) is 5.91 Å². The van der Waals surface area contributed by atoms with Crippen LogP contribution in [0.3, 0.4) is 0 Å². The Morgan fingerprint density at radius 3 is 2.19 bits per heavy atom. The largest absolute Gasteiger partial charge is 0.342 e. The number of hydrogen-bond donors (Lipinski definition) is 1. The fraction of sp³-hybridized carbons (Fsp3) is 0.882. The van der Waals surface area contributed by atoms with E-state index < -0.39 is 0 Å². The highest BCUT2D eigenvalue weighted by molar-refractivity contribution is 7.80. The minimum Gasteiger partial charge on any atom is -0.342 e. The van der Waals surface area contributed by atoms with Crippen LogP contribution >= 0.6 is 12.6 Å². The molecule has 1 heterocycles. The number of amides is 1. The summed E-state index contributed by atoms with van der Waals surface area (Å²) in [6.45, 7) is 9.30. The van der Waals surface area contributed by atoms with Gasteiger partial charge in [-0.25, -0.2) is 0 Å². The molecule has 124 valence electrons. The molecule has 0 N–H and O–H groups in total. The standard InChI is InChI=1S/C15H27NO2S.C2H6/c1-3-5-14(6-4-11-19)15(18)16-9-7-13(8-10-16)12(2)17;1-2/h13-14,19H,3-11H2,1-2H3;1-2H3. The molecule has 0 aromatic heterocycles. The molecular formula is C17H33NO2S. The van der Waals surface area contributed by atoms with Crippen LogP contribution in [0.2, 0.25) is 0 Å². The minimum absolute atomic E-state index is 0.158. The van der Waals surface area contributed by atoms with E-state index in [0.717, 1.165) is 57.4 Å². The van der Waals surface area contributed by atoms with E-state index in [1.165, 1.54) is 0 Å². The Morgan fingerprint density at radius 1 is 1.19 bits per heavy atom. The van der Waals surface area contributed by atoms with Crippen LogP contribution in [0.4, 0.5) is 0 Å². The number of ketones is 1. The summed E-state index contributed by atoms with van der Waals surface area (Å²) in [6, 6.07) is 0. The maximum absolute atomic E-state index is 12.5. The van der Waals surface area contributed by atoms with Gasteiger partial charge >= 0.3 is 0 Å². The number of carbonyl (C=O) groups is 2. The van der Waals surface area contributed by atoms with E-state index in [2.05, 4.69) is 19.6 Å². The van der Waals surface area contributed by atoms with Crippen molar-refractivity contribution in [1.29, 1.82) is 0 Å². The molecule has 0 aromatic rings. The smallest absolute Gasteiger partial charge is 0.225 e. The Morgan fingerprint density at radius 2 is 1.76 bits per heavy atom. The molecule has 1 fully saturated rings. The summed E-state index contributed by atoms with van der Waals surface area (Å²) in [5.74, 6) is 1.75. The van der Waals surface area contributed by atoms with Crippen LogP contribution in [0.5, 0.6) is 0 Å². The first-order valence-electron chi connectivity index (χ1n) is 8.50. The summed E-state index contributed by atoms with van der Waals surface area (Å²) in [5, 5.41) is 0. The second-order valence-electron chi connectivity index (χ2n) is 5.56. The van der Waals surface area contributed by atoms with Crippen molar-refractivity contribution in [2.45, 2.75) is 66.2 Å². The number of rotatable bonds is 7. The van der Waals surface area contributed by atoms with Gasteiger partial charge < -0.3 is 4.90 Å². The van der Waals surface area contributed by atoms with Crippen molar-refractivity contribution >= 4 is 24.3 Å². The van der Waals surface area contributed by atoms with Crippen molar-refractivity contribution in [1.82, 2.24) is 4.90 Å². The van der Waals surface area contributed by atoms with Crippen molar-refractivity contribution in [2.75, 3.05) is 18.8 Å². The van der Waals surface area contributed by atoms with Crippen LogP contribution in [0, 0.1) is 11.8 Å². The van der Waals surface area contributed by atoms with Gasteiger partial charge in [-0.15, -0.1) is 0 Å². The molecular weight excluding hydrogens is 282 g/mol. The predicted molar refractivity (Wildman–Crippen MR) is 92.8 cm³/mol. The molecule has 1 unspecified atom stereocenters. The average Bonchev–Trinajstić information content (AvgIpc) is 2.52. The SMILES string of the molecule is CC.CCCC(CCCS)C(=O)N1CCC(C(C)=O)CC1. The van der Waals surface area contributed by atoms with Crippen molar-refractivity contribution in [2.24, 2.45) is 11.8 Å².